The maximum atomic E-state index is 5.61. The van der Waals surface area contributed by atoms with Crippen LogP contribution in [0.15, 0.2) is 76.0 Å². The van der Waals surface area contributed by atoms with Gasteiger partial charge in [-0.15, -0.1) is 5.10 Å². The fourth-order valence-corrected chi connectivity index (χ4v) is 1.43. The van der Waals surface area contributed by atoms with Gasteiger partial charge in [-0.3, -0.25) is 0 Å². The number of hydrogen-bond acceptors (Lipinski definition) is 3. The molecule has 2 aromatic carbocycles. The zero-order valence-corrected chi connectivity index (χ0v) is 10.8. The molecule has 5 heteroatoms. The predicted octanol–water partition coefficient (Wildman–Crippen LogP) is 1.96. The van der Waals surface area contributed by atoms with Gasteiger partial charge in [-0.1, -0.05) is 60.7 Å². The lowest BCUT2D eigenvalue weighted by Crippen LogP contribution is -2.26. The molecule has 0 spiro atoms. The van der Waals surface area contributed by atoms with E-state index in [2.05, 4.69) is 20.7 Å². The van der Waals surface area contributed by atoms with Gasteiger partial charge in [0.15, 0.2) is 0 Å². The van der Waals surface area contributed by atoms with E-state index in [9.17, 15) is 0 Å². The molecule has 0 aromatic heterocycles. The third-order valence-corrected chi connectivity index (χ3v) is 2.36. The van der Waals surface area contributed by atoms with Crippen LogP contribution >= 0.6 is 0 Å². The van der Waals surface area contributed by atoms with E-state index in [0.717, 1.165) is 11.1 Å². The molecule has 0 heterocycles. The molecule has 0 bridgehead atoms. The molecular weight excluding hydrogens is 250 g/mol. The van der Waals surface area contributed by atoms with Gasteiger partial charge in [-0.2, -0.15) is 10.2 Å². The molecule has 0 amide bonds. The maximum absolute atomic E-state index is 5.61. The summed E-state index contributed by atoms with van der Waals surface area (Å²) < 4.78 is 0. The Morgan fingerprint density at radius 1 is 0.850 bits per heavy atom. The van der Waals surface area contributed by atoms with Crippen LogP contribution in [0.3, 0.4) is 0 Å². The topological polar surface area (TPSA) is 75.1 Å². The summed E-state index contributed by atoms with van der Waals surface area (Å²) in [4.78, 5) is 0. The lowest BCUT2D eigenvalue weighted by atomic mass is 10.2. The van der Waals surface area contributed by atoms with Crippen LogP contribution in [0.5, 0.6) is 0 Å². The SMILES string of the molecule is NC(=NN=Cc1ccccc1)N/N=C\c1ccccc1. The van der Waals surface area contributed by atoms with Crippen molar-refractivity contribution in [2.24, 2.45) is 21.0 Å². The van der Waals surface area contributed by atoms with Gasteiger partial charge in [0.05, 0.1) is 12.4 Å². The van der Waals surface area contributed by atoms with Crippen molar-refractivity contribution in [1.29, 1.82) is 0 Å². The zero-order chi connectivity index (χ0) is 14.0. The molecule has 0 atom stereocenters. The smallest absolute Gasteiger partial charge is 0.234 e. The molecule has 2 aromatic rings. The van der Waals surface area contributed by atoms with Crippen LogP contribution in [0, 0.1) is 0 Å². The first-order valence-electron chi connectivity index (χ1n) is 6.10. The monoisotopic (exact) mass is 265 g/mol. The summed E-state index contributed by atoms with van der Waals surface area (Å²) in [5.41, 5.74) is 10.1. The Morgan fingerprint density at radius 2 is 1.40 bits per heavy atom. The van der Waals surface area contributed by atoms with Crippen molar-refractivity contribution in [2.45, 2.75) is 0 Å². The maximum Gasteiger partial charge on any atom is 0.234 e. The van der Waals surface area contributed by atoms with Gasteiger partial charge in [0.25, 0.3) is 0 Å². The second-order valence-corrected chi connectivity index (χ2v) is 3.92. The Bertz CT molecular complexity index is 603. The standard InChI is InChI=1S/C15H15N5/c16-15(19-17-11-13-7-3-1-4-8-13)20-18-12-14-9-5-2-6-10-14/h1-12H,(H3,16,19,20)/b17-11-,18-12?. The van der Waals surface area contributed by atoms with Crippen LogP contribution in [0.1, 0.15) is 11.1 Å². The number of nitrogens with zero attached hydrogens (tertiary/aromatic N) is 3. The van der Waals surface area contributed by atoms with Crippen LogP contribution < -0.4 is 11.2 Å². The van der Waals surface area contributed by atoms with Crippen LogP contribution in [0.4, 0.5) is 0 Å². The number of nitrogens with two attached hydrogens (primary N) is 1. The molecule has 0 fully saturated rings. The second kappa shape index (κ2) is 7.48. The van der Waals surface area contributed by atoms with Crippen molar-refractivity contribution < 1.29 is 0 Å². The van der Waals surface area contributed by atoms with Crippen molar-refractivity contribution in [2.75, 3.05) is 0 Å². The number of guanidine groups is 1. The number of hydrazone groups is 1. The fraction of sp³-hybridized carbons (Fsp3) is 0. The molecule has 0 radical (unpaired) electrons. The third kappa shape index (κ3) is 4.73. The lowest BCUT2D eigenvalue weighted by molar-refractivity contribution is 0.994. The largest absolute Gasteiger partial charge is 0.367 e. The summed E-state index contributed by atoms with van der Waals surface area (Å²) in [6, 6.07) is 19.3. The van der Waals surface area contributed by atoms with Gasteiger partial charge in [-0.25, -0.2) is 5.43 Å². The zero-order valence-electron chi connectivity index (χ0n) is 10.8. The van der Waals surface area contributed by atoms with Gasteiger partial charge >= 0.3 is 0 Å². The highest BCUT2D eigenvalue weighted by Gasteiger charge is 1.87. The molecule has 0 aliphatic rings. The highest BCUT2D eigenvalue weighted by atomic mass is 15.4. The highest BCUT2D eigenvalue weighted by Crippen LogP contribution is 1.94. The molecule has 0 aliphatic heterocycles. The average molecular weight is 265 g/mol. The summed E-state index contributed by atoms with van der Waals surface area (Å²) >= 11 is 0. The van der Waals surface area contributed by atoms with Crippen molar-refractivity contribution in [1.82, 2.24) is 5.43 Å². The first kappa shape index (κ1) is 13.5. The van der Waals surface area contributed by atoms with E-state index in [1.807, 2.05) is 60.7 Å². The van der Waals surface area contributed by atoms with Crippen LogP contribution in [-0.2, 0) is 0 Å². The summed E-state index contributed by atoms with van der Waals surface area (Å²) in [6.45, 7) is 0. The minimum absolute atomic E-state index is 0.129. The van der Waals surface area contributed by atoms with Gasteiger partial charge in [0, 0.05) is 0 Å². The third-order valence-electron chi connectivity index (χ3n) is 2.36. The summed E-state index contributed by atoms with van der Waals surface area (Å²) in [6.07, 6.45) is 3.28. The molecule has 0 aliphatic carbocycles. The number of rotatable bonds is 4. The molecule has 0 unspecified atom stereocenters. The minimum atomic E-state index is 0.129. The minimum Gasteiger partial charge on any atom is -0.367 e. The molecule has 5 nitrogen and oxygen atoms in total. The van der Waals surface area contributed by atoms with E-state index in [4.69, 9.17) is 5.73 Å². The molecule has 0 saturated heterocycles. The predicted molar refractivity (Wildman–Crippen MR) is 82.8 cm³/mol. The molecule has 100 valence electrons. The van der Waals surface area contributed by atoms with Crippen molar-refractivity contribution in [3.63, 3.8) is 0 Å². The number of benzene rings is 2. The number of nitrogens with one attached hydrogen (secondary N) is 1. The Balaban J connectivity index is 1.86. The van der Waals surface area contributed by atoms with Crippen LogP contribution in [0.25, 0.3) is 0 Å². The van der Waals surface area contributed by atoms with Crippen LogP contribution in [0.2, 0.25) is 0 Å². The lowest BCUT2D eigenvalue weighted by Gasteiger charge is -1.96. The normalized spacial score (nSPS) is 12.1. The fourth-order valence-electron chi connectivity index (χ4n) is 1.43. The first-order valence-corrected chi connectivity index (χ1v) is 6.10. The van der Waals surface area contributed by atoms with E-state index in [-0.39, 0.29) is 5.96 Å². The van der Waals surface area contributed by atoms with Gasteiger partial charge in [0.2, 0.25) is 5.96 Å². The van der Waals surface area contributed by atoms with E-state index < -0.39 is 0 Å². The first-order chi connectivity index (χ1) is 9.84. The highest BCUT2D eigenvalue weighted by molar-refractivity contribution is 5.84. The van der Waals surface area contributed by atoms with Gasteiger partial charge < -0.3 is 5.73 Å². The molecule has 3 N–H and O–H groups in total. The van der Waals surface area contributed by atoms with Crippen LogP contribution in [-0.4, -0.2) is 18.4 Å². The van der Waals surface area contributed by atoms with Gasteiger partial charge in [-0.05, 0) is 11.1 Å². The molecular formula is C15H15N5. The average Bonchev–Trinajstić information content (AvgIpc) is 2.49. The van der Waals surface area contributed by atoms with E-state index in [0.29, 0.717) is 0 Å². The van der Waals surface area contributed by atoms with E-state index >= 15 is 0 Å². The summed E-state index contributed by atoms with van der Waals surface area (Å²) in [5.74, 6) is 0.129. The van der Waals surface area contributed by atoms with E-state index in [1.165, 1.54) is 0 Å². The molecule has 20 heavy (non-hydrogen) atoms. The summed E-state index contributed by atoms with van der Waals surface area (Å²) in [5, 5.41) is 11.6. The second-order valence-electron chi connectivity index (χ2n) is 3.92. The molecule has 2 rings (SSSR count). The summed E-state index contributed by atoms with van der Waals surface area (Å²) in [7, 11) is 0. The van der Waals surface area contributed by atoms with E-state index in [1.54, 1.807) is 12.4 Å². The Hall–Kier alpha value is -2.95. The van der Waals surface area contributed by atoms with Gasteiger partial charge in [0.1, 0.15) is 0 Å². The number of hydrogen-bond donors (Lipinski definition) is 2. The Morgan fingerprint density at radius 3 is 2.00 bits per heavy atom. The van der Waals surface area contributed by atoms with Crippen molar-refractivity contribution in [3.05, 3.63) is 71.8 Å². The van der Waals surface area contributed by atoms with Crippen molar-refractivity contribution in [3.8, 4) is 0 Å². The Kier molecular flexibility index (Phi) is 5.04. The quantitative estimate of drug-likeness (QED) is 0.503. The van der Waals surface area contributed by atoms with Crippen molar-refractivity contribution >= 4 is 18.4 Å². The molecule has 0 saturated carbocycles. The Labute approximate surface area is 117 Å².